The summed E-state index contributed by atoms with van der Waals surface area (Å²) in [5, 5.41) is 0.560. The first-order valence-electron chi connectivity index (χ1n) is 7.50. The first-order chi connectivity index (χ1) is 9.55. The fourth-order valence-corrected chi connectivity index (χ4v) is 3.77. The van der Waals surface area contributed by atoms with Crippen LogP contribution in [0.5, 0.6) is 0 Å². The van der Waals surface area contributed by atoms with E-state index in [0.29, 0.717) is 5.02 Å². The molecule has 1 aromatic rings. The highest BCUT2D eigenvalue weighted by atomic mass is 35.5. The van der Waals surface area contributed by atoms with E-state index in [9.17, 15) is 4.39 Å². The van der Waals surface area contributed by atoms with Crippen LogP contribution in [0.1, 0.15) is 51.1 Å². The molecule has 0 bridgehead atoms. The summed E-state index contributed by atoms with van der Waals surface area (Å²) in [5.41, 5.74) is 7.15. The lowest BCUT2D eigenvalue weighted by atomic mass is 9.79. The Morgan fingerprint density at radius 1 is 1.30 bits per heavy atom. The van der Waals surface area contributed by atoms with Crippen LogP contribution in [0.4, 0.5) is 4.39 Å². The standard InChI is InChI=1S/C16H24ClFN2/c1-3-16(4-2,20-9-5-6-10-20)15(19)13-11-12(18)7-8-14(13)17/h7-8,11,15H,3-6,9-10,19H2,1-2H3. The predicted molar refractivity (Wildman–Crippen MR) is 82.5 cm³/mol. The summed E-state index contributed by atoms with van der Waals surface area (Å²) in [6.45, 7) is 6.47. The van der Waals surface area contributed by atoms with Gasteiger partial charge in [-0.1, -0.05) is 25.4 Å². The molecular weight excluding hydrogens is 275 g/mol. The summed E-state index contributed by atoms with van der Waals surface area (Å²) < 4.78 is 13.6. The number of rotatable bonds is 5. The van der Waals surface area contributed by atoms with E-state index in [1.54, 1.807) is 6.07 Å². The normalized spacial score (nSPS) is 18.4. The van der Waals surface area contributed by atoms with Crippen LogP contribution in [0.2, 0.25) is 5.02 Å². The first kappa shape index (κ1) is 15.7. The number of nitrogens with zero attached hydrogens (tertiary/aromatic N) is 1. The van der Waals surface area contributed by atoms with Crippen LogP contribution in [-0.4, -0.2) is 23.5 Å². The molecule has 0 saturated carbocycles. The van der Waals surface area contributed by atoms with Crippen LogP contribution in [-0.2, 0) is 0 Å². The second kappa shape index (κ2) is 6.42. The molecule has 0 amide bonds. The summed E-state index contributed by atoms with van der Waals surface area (Å²) in [6, 6.07) is 4.21. The third-order valence-electron chi connectivity index (χ3n) is 4.83. The van der Waals surface area contributed by atoms with Crippen LogP contribution >= 0.6 is 11.6 Å². The summed E-state index contributed by atoms with van der Waals surface area (Å²) in [4.78, 5) is 2.47. The van der Waals surface area contributed by atoms with Crippen LogP contribution in [0.3, 0.4) is 0 Å². The van der Waals surface area contributed by atoms with Crippen molar-refractivity contribution < 1.29 is 4.39 Å². The zero-order chi connectivity index (χ0) is 14.8. The van der Waals surface area contributed by atoms with Gasteiger partial charge in [-0.15, -0.1) is 0 Å². The first-order valence-corrected chi connectivity index (χ1v) is 7.88. The second-order valence-corrected chi connectivity index (χ2v) is 6.06. The van der Waals surface area contributed by atoms with Crippen LogP contribution in [0.15, 0.2) is 18.2 Å². The third kappa shape index (κ3) is 2.72. The highest BCUT2D eigenvalue weighted by molar-refractivity contribution is 6.31. The van der Waals surface area contributed by atoms with Gasteiger partial charge in [0.05, 0.1) is 0 Å². The maximum atomic E-state index is 13.6. The highest BCUT2D eigenvalue weighted by Crippen LogP contribution is 2.40. The molecule has 4 heteroatoms. The molecular formula is C16H24ClFN2. The number of nitrogens with two attached hydrogens (primary N) is 1. The fraction of sp³-hybridized carbons (Fsp3) is 0.625. The van der Waals surface area contributed by atoms with Gasteiger partial charge in [0.25, 0.3) is 0 Å². The van der Waals surface area contributed by atoms with Gasteiger partial charge in [-0.2, -0.15) is 0 Å². The Kier molecular flexibility index (Phi) is 5.05. The van der Waals surface area contributed by atoms with Crippen molar-refractivity contribution in [3.8, 4) is 0 Å². The lowest BCUT2D eigenvalue weighted by Crippen LogP contribution is -2.53. The molecule has 1 saturated heterocycles. The van der Waals surface area contributed by atoms with Gasteiger partial charge in [-0.3, -0.25) is 4.90 Å². The molecule has 112 valence electrons. The molecule has 1 unspecified atom stereocenters. The average Bonchev–Trinajstić information content (AvgIpc) is 2.98. The monoisotopic (exact) mass is 298 g/mol. The summed E-state index contributed by atoms with van der Waals surface area (Å²) in [5.74, 6) is -0.276. The SMILES string of the molecule is CCC(CC)(C(N)c1cc(F)ccc1Cl)N1CCCC1. The van der Waals surface area contributed by atoms with E-state index in [4.69, 9.17) is 17.3 Å². The molecule has 0 aromatic heterocycles. The zero-order valence-electron chi connectivity index (χ0n) is 12.3. The lowest BCUT2D eigenvalue weighted by Gasteiger charge is -2.45. The maximum Gasteiger partial charge on any atom is 0.123 e. The number of likely N-dealkylation sites (tertiary alicyclic amines) is 1. The van der Waals surface area contributed by atoms with Crippen molar-refractivity contribution in [2.45, 2.75) is 51.1 Å². The molecule has 1 aliphatic heterocycles. The maximum absolute atomic E-state index is 13.6. The van der Waals surface area contributed by atoms with Crippen molar-refractivity contribution in [1.82, 2.24) is 4.90 Å². The molecule has 1 fully saturated rings. The van der Waals surface area contributed by atoms with Crippen molar-refractivity contribution in [2.24, 2.45) is 5.73 Å². The van der Waals surface area contributed by atoms with E-state index in [0.717, 1.165) is 31.5 Å². The molecule has 0 aliphatic carbocycles. The largest absolute Gasteiger partial charge is 0.322 e. The molecule has 0 spiro atoms. The minimum Gasteiger partial charge on any atom is -0.322 e. The topological polar surface area (TPSA) is 29.3 Å². The van der Waals surface area contributed by atoms with Crippen LogP contribution in [0, 0.1) is 5.82 Å². The van der Waals surface area contributed by atoms with Gasteiger partial charge in [0, 0.05) is 16.6 Å². The molecule has 1 aromatic carbocycles. The fourth-order valence-electron chi connectivity index (χ4n) is 3.54. The van der Waals surface area contributed by atoms with E-state index in [2.05, 4.69) is 18.7 Å². The van der Waals surface area contributed by atoms with Gasteiger partial charge in [0.1, 0.15) is 5.82 Å². The Labute approximate surface area is 126 Å². The van der Waals surface area contributed by atoms with Gasteiger partial charge in [-0.05, 0) is 62.5 Å². The molecule has 2 N–H and O–H groups in total. The summed E-state index contributed by atoms with van der Waals surface area (Å²) in [7, 11) is 0. The van der Waals surface area contributed by atoms with Gasteiger partial charge >= 0.3 is 0 Å². The van der Waals surface area contributed by atoms with Crippen molar-refractivity contribution in [3.63, 3.8) is 0 Å². The Balaban J connectivity index is 2.39. The van der Waals surface area contributed by atoms with E-state index in [1.807, 2.05) is 0 Å². The lowest BCUT2D eigenvalue weighted by molar-refractivity contribution is 0.0766. The summed E-state index contributed by atoms with van der Waals surface area (Å²) >= 11 is 6.25. The molecule has 1 heterocycles. The highest BCUT2D eigenvalue weighted by Gasteiger charge is 2.41. The van der Waals surface area contributed by atoms with Gasteiger partial charge in [0.15, 0.2) is 0 Å². The minimum absolute atomic E-state index is 0.131. The Bertz CT molecular complexity index is 454. The quantitative estimate of drug-likeness (QED) is 0.885. The Morgan fingerprint density at radius 2 is 1.90 bits per heavy atom. The van der Waals surface area contributed by atoms with Gasteiger partial charge in [0.2, 0.25) is 0 Å². The third-order valence-corrected chi connectivity index (χ3v) is 5.18. The molecule has 2 nitrogen and oxygen atoms in total. The number of hydrogen-bond donors (Lipinski definition) is 1. The smallest absolute Gasteiger partial charge is 0.123 e. The van der Waals surface area contributed by atoms with Gasteiger partial charge < -0.3 is 5.73 Å². The molecule has 1 atom stereocenters. The number of benzene rings is 1. The Hall–Kier alpha value is -0.640. The van der Waals surface area contributed by atoms with Crippen molar-refractivity contribution in [3.05, 3.63) is 34.6 Å². The molecule has 20 heavy (non-hydrogen) atoms. The van der Waals surface area contributed by atoms with E-state index < -0.39 is 0 Å². The van der Waals surface area contributed by atoms with Crippen LogP contribution in [0.25, 0.3) is 0 Å². The van der Waals surface area contributed by atoms with E-state index in [-0.39, 0.29) is 17.4 Å². The van der Waals surface area contributed by atoms with Crippen LogP contribution < -0.4 is 5.73 Å². The molecule has 0 radical (unpaired) electrons. The summed E-state index contributed by atoms with van der Waals surface area (Å²) in [6.07, 6.45) is 4.31. The average molecular weight is 299 g/mol. The zero-order valence-corrected chi connectivity index (χ0v) is 13.1. The van der Waals surface area contributed by atoms with E-state index in [1.165, 1.54) is 25.0 Å². The molecule has 2 rings (SSSR count). The number of halogens is 2. The van der Waals surface area contributed by atoms with Crippen molar-refractivity contribution in [2.75, 3.05) is 13.1 Å². The predicted octanol–water partition coefficient (Wildman–Crippen LogP) is 4.13. The second-order valence-electron chi connectivity index (χ2n) is 5.65. The molecule has 1 aliphatic rings. The van der Waals surface area contributed by atoms with Gasteiger partial charge in [-0.25, -0.2) is 4.39 Å². The van der Waals surface area contributed by atoms with E-state index >= 15 is 0 Å². The number of hydrogen-bond acceptors (Lipinski definition) is 2. The Morgan fingerprint density at radius 3 is 2.45 bits per heavy atom. The minimum atomic E-state index is -0.276. The van der Waals surface area contributed by atoms with Crippen molar-refractivity contribution >= 4 is 11.6 Å². The van der Waals surface area contributed by atoms with Crippen molar-refractivity contribution in [1.29, 1.82) is 0 Å².